The van der Waals surface area contributed by atoms with Gasteiger partial charge in [0.05, 0.1) is 0 Å². The van der Waals surface area contributed by atoms with Gasteiger partial charge in [0, 0.05) is 19.1 Å². The van der Waals surface area contributed by atoms with Gasteiger partial charge in [-0.15, -0.1) is 0 Å². The van der Waals surface area contributed by atoms with Gasteiger partial charge < -0.3 is 0 Å². The first-order valence-electron chi connectivity index (χ1n) is 8.65. The SMILES string of the molecule is CC1(C)[C@@H]2CC(NS(=O)(=O)N3C[C@H]4CCCC[C@H]4C3)C[C@@H]21. The summed E-state index contributed by atoms with van der Waals surface area (Å²) in [4.78, 5) is 0. The van der Waals surface area contributed by atoms with Gasteiger partial charge in [0.1, 0.15) is 0 Å². The third-order valence-corrected chi connectivity index (χ3v) is 8.57. The van der Waals surface area contributed by atoms with Gasteiger partial charge >= 0.3 is 0 Å². The number of hydrogen-bond donors (Lipinski definition) is 1. The van der Waals surface area contributed by atoms with Crippen molar-refractivity contribution in [1.29, 1.82) is 0 Å². The van der Waals surface area contributed by atoms with E-state index in [-0.39, 0.29) is 6.04 Å². The van der Waals surface area contributed by atoms with E-state index in [0.29, 0.717) is 17.3 Å². The lowest BCUT2D eigenvalue weighted by Gasteiger charge is -2.23. The van der Waals surface area contributed by atoms with E-state index in [0.717, 1.165) is 37.8 Å². The van der Waals surface area contributed by atoms with Crippen LogP contribution in [0.4, 0.5) is 0 Å². The predicted molar refractivity (Wildman–Crippen MR) is 82.9 cm³/mol. The van der Waals surface area contributed by atoms with E-state index in [1.54, 1.807) is 4.31 Å². The first kappa shape index (κ1) is 14.5. The van der Waals surface area contributed by atoms with Crippen molar-refractivity contribution in [3.63, 3.8) is 0 Å². The molecule has 5 atom stereocenters. The molecule has 4 aliphatic rings. The fourth-order valence-electron chi connectivity index (χ4n) is 5.44. The van der Waals surface area contributed by atoms with Crippen LogP contribution in [0.5, 0.6) is 0 Å². The molecule has 4 nitrogen and oxygen atoms in total. The summed E-state index contributed by atoms with van der Waals surface area (Å²) in [6.45, 7) is 6.15. The van der Waals surface area contributed by atoms with E-state index in [9.17, 15) is 8.42 Å². The summed E-state index contributed by atoms with van der Waals surface area (Å²) in [6.07, 6.45) is 7.08. The summed E-state index contributed by atoms with van der Waals surface area (Å²) in [5, 5.41) is 0. The van der Waals surface area contributed by atoms with E-state index < -0.39 is 10.2 Å². The Hall–Kier alpha value is -0.130. The molecule has 1 saturated heterocycles. The van der Waals surface area contributed by atoms with Crippen molar-refractivity contribution in [3.05, 3.63) is 0 Å². The highest BCUT2D eigenvalue weighted by atomic mass is 32.2. The molecule has 1 aliphatic heterocycles. The molecule has 4 fully saturated rings. The van der Waals surface area contributed by atoms with Gasteiger partial charge in [0.15, 0.2) is 0 Å². The van der Waals surface area contributed by atoms with Gasteiger partial charge in [-0.1, -0.05) is 26.7 Å². The zero-order valence-corrected chi connectivity index (χ0v) is 14.0. The van der Waals surface area contributed by atoms with Crippen molar-refractivity contribution < 1.29 is 8.42 Å². The molecule has 0 bridgehead atoms. The molecule has 1 N–H and O–H groups in total. The fourth-order valence-corrected chi connectivity index (χ4v) is 6.98. The number of fused-ring (bicyclic) bond motifs is 2. The van der Waals surface area contributed by atoms with E-state index in [1.807, 2.05) is 0 Å². The topological polar surface area (TPSA) is 49.4 Å². The van der Waals surface area contributed by atoms with Crippen LogP contribution in [-0.4, -0.2) is 31.9 Å². The van der Waals surface area contributed by atoms with Crippen LogP contribution < -0.4 is 4.72 Å². The van der Waals surface area contributed by atoms with Gasteiger partial charge in [-0.2, -0.15) is 17.4 Å². The van der Waals surface area contributed by atoms with Crippen LogP contribution in [0, 0.1) is 29.1 Å². The van der Waals surface area contributed by atoms with Crippen LogP contribution in [0.3, 0.4) is 0 Å². The molecular formula is C16H28N2O2S. The van der Waals surface area contributed by atoms with Crippen molar-refractivity contribution in [1.82, 2.24) is 9.03 Å². The van der Waals surface area contributed by atoms with E-state index in [4.69, 9.17) is 0 Å². The Morgan fingerprint density at radius 2 is 1.52 bits per heavy atom. The molecule has 0 amide bonds. The number of rotatable bonds is 3. The lowest BCUT2D eigenvalue weighted by atomic mass is 9.82. The van der Waals surface area contributed by atoms with Crippen LogP contribution in [0.15, 0.2) is 0 Å². The zero-order chi connectivity index (χ0) is 14.8. The molecule has 5 heteroatoms. The lowest BCUT2D eigenvalue weighted by molar-refractivity contribution is 0.299. The second-order valence-electron chi connectivity index (χ2n) is 8.45. The zero-order valence-electron chi connectivity index (χ0n) is 13.2. The van der Waals surface area contributed by atoms with Crippen molar-refractivity contribution in [2.24, 2.45) is 29.1 Å². The number of nitrogens with one attached hydrogen (secondary N) is 1. The number of nitrogens with zero attached hydrogens (tertiary/aromatic N) is 1. The summed E-state index contributed by atoms with van der Waals surface area (Å²) in [6, 6.07) is 0.181. The maximum absolute atomic E-state index is 12.6. The summed E-state index contributed by atoms with van der Waals surface area (Å²) in [5.41, 5.74) is 0.463. The minimum Gasteiger partial charge on any atom is -0.199 e. The van der Waals surface area contributed by atoms with Gasteiger partial charge in [-0.3, -0.25) is 0 Å². The van der Waals surface area contributed by atoms with Gasteiger partial charge in [-0.05, 0) is 54.8 Å². The Morgan fingerprint density at radius 3 is 2.05 bits per heavy atom. The van der Waals surface area contributed by atoms with Gasteiger partial charge in [-0.25, -0.2) is 0 Å². The second kappa shape index (κ2) is 4.68. The molecule has 0 spiro atoms. The number of hydrogen-bond acceptors (Lipinski definition) is 2. The van der Waals surface area contributed by atoms with Crippen molar-refractivity contribution in [2.75, 3.05) is 13.1 Å². The highest BCUT2D eigenvalue weighted by Crippen LogP contribution is 2.66. The van der Waals surface area contributed by atoms with Crippen molar-refractivity contribution in [2.45, 2.75) is 58.4 Å². The Balaban J connectivity index is 1.37. The average Bonchev–Trinajstić information content (AvgIpc) is 2.85. The Labute approximate surface area is 128 Å². The molecule has 1 heterocycles. The third-order valence-electron chi connectivity index (χ3n) is 6.96. The smallest absolute Gasteiger partial charge is 0.199 e. The van der Waals surface area contributed by atoms with Crippen LogP contribution in [0.2, 0.25) is 0 Å². The Bertz CT molecular complexity index is 502. The molecule has 4 rings (SSSR count). The minimum atomic E-state index is -3.26. The summed E-state index contributed by atoms with van der Waals surface area (Å²) >= 11 is 0. The maximum atomic E-state index is 12.6. The molecule has 21 heavy (non-hydrogen) atoms. The average molecular weight is 312 g/mol. The van der Waals surface area contributed by atoms with Gasteiger partial charge in [0.2, 0.25) is 0 Å². The maximum Gasteiger partial charge on any atom is 0.279 e. The minimum absolute atomic E-state index is 0.181. The first-order valence-corrected chi connectivity index (χ1v) is 10.1. The molecule has 0 radical (unpaired) electrons. The quantitative estimate of drug-likeness (QED) is 0.870. The lowest BCUT2D eigenvalue weighted by Crippen LogP contribution is -2.44. The summed E-state index contributed by atoms with van der Waals surface area (Å²) in [7, 11) is -3.26. The molecule has 0 aromatic rings. The highest BCUT2D eigenvalue weighted by molar-refractivity contribution is 7.87. The molecule has 0 aromatic carbocycles. The monoisotopic (exact) mass is 312 g/mol. The molecular weight excluding hydrogens is 284 g/mol. The summed E-state index contributed by atoms with van der Waals surface area (Å²) < 4.78 is 30.0. The van der Waals surface area contributed by atoms with Crippen molar-refractivity contribution >= 4 is 10.2 Å². The van der Waals surface area contributed by atoms with E-state index in [1.165, 1.54) is 25.7 Å². The Kier molecular flexibility index (Phi) is 3.22. The fraction of sp³-hybridized carbons (Fsp3) is 1.00. The van der Waals surface area contributed by atoms with Crippen LogP contribution in [0.1, 0.15) is 52.4 Å². The molecule has 3 saturated carbocycles. The van der Waals surface area contributed by atoms with E-state index in [2.05, 4.69) is 18.6 Å². The standard InChI is InChI=1S/C16H28N2O2S/c1-16(2)14-7-13(8-15(14)16)17-21(19,20)18-9-11-5-3-4-6-12(11)10-18/h11-15,17H,3-10H2,1-2H3/t11-,12+,13?,14-,15+. The third kappa shape index (κ3) is 2.36. The normalized spacial score (nSPS) is 45.3. The largest absolute Gasteiger partial charge is 0.279 e. The molecule has 1 unspecified atom stereocenters. The van der Waals surface area contributed by atoms with Crippen LogP contribution in [0.25, 0.3) is 0 Å². The van der Waals surface area contributed by atoms with E-state index >= 15 is 0 Å². The molecule has 120 valence electrons. The van der Waals surface area contributed by atoms with Gasteiger partial charge in [0.25, 0.3) is 10.2 Å². The first-order chi connectivity index (χ1) is 9.88. The van der Waals surface area contributed by atoms with Crippen LogP contribution in [-0.2, 0) is 10.2 Å². The highest BCUT2D eigenvalue weighted by Gasteiger charge is 2.62. The van der Waals surface area contributed by atoms with Crippen LogP contribution >= 0.6 is 0 Å². The predicted octanol–water partition coefficient (Wildman–Crippen LogP) is 2.38. The second-order valence-corrected chi connectivity index (χ2v) is 10.1. The Morgan fingerprint density at radius 1 is 1.00 bits per heavy atom. The molecule has 0 aromatic heterocycles. The molecule has 3 aliphatic carbocycles. The summed E-state index contributed by atoms with van der Waals surface area (Å²) in [5.74, 6) is 2.72. The van der Waals surface area contributed by atoms with Crippen molar-refractivity contribution in [3.8, 4) is 0 Å².